The highest BCUT2D eigenvalue weighted by Crippen LogP contribution is 2.27. The van der Waals surface area contributed by atoms with Gasteiger partial charge in [-0.15, -0.1) is 0 Å². The highest BCUT2D eigenvalue weighted by Gasteiger charge is 2.32. The number of halogens is 1. The van der Waals surface area contributed by atoms with Crippen LogP contribution in [0.2, 0.25) is 0 Å². The van der Waals surface area contributed by atoms with Gasteiger partial charge in [-0.2, -0.15) is 0 Å². The summed E-state index contributed by atoms with van der Waals surface area (Å²) < 4.78 is 42.9. The fourth-order valence-electron chi connectivity index (χ4n) is 1.61. The minimum Gasteiger partial charge on any atom is -0.465 e. The molecule has 7 heteroatoms. The second-order valence-corrected chi connectivity index (χ2v) is 4.96. The van der Waals surface area contributed by atoms with Gasteiger partial charge in [0.05, 0.1) is 12.7 Å². The number of esters is 1. The van der Waals surface area contributed by atoms with Crippen molar-refractivity contribution in [1.29, 1.82) is 0 Å². The fourth-order valence-corrected chi connectivity index (χ4v) is 3.00. The van der Waals surface area contributed by atoms with Crippen molar-refractivity contribution >= 4 is 16.0 Å². The molecule has 1 aliphatic heterocycles. The van der Waals surface area contributed by atoms with Crippen LogP contribution in [-0.4, -0.2) is 21.5 Å². The van der Waals surface area contributed by atoms with Crippen LogP contribution in [0.5, 0.6) is 0 Å². The summed E-state index contributed by atoms with van der Waals surface area (Å²) in [6, 6.07) is 1.94. The van der Waals surface area contributed by atoms with Crippen LogP contribution in [0.25, 0.3) is 0 Å². The summed E-state index contributed by atoms with van der Waals surface area (Å²) in [5.74, 6) is -1.54. The van der Waals surface area contributed by atoms with Gasteiger partial charge in [0.25, 0.3) is 0 Å². The molecule has 16 heavy (non-hydrogen) atoms. The predicted molar refractivity (Wildman–Crippen MR) is 51.8 cm³/mol. The van der Waals surface area contributed by atoms with Crippen molar-refractivity contribution in [2.45, 2.75) is 11.4 Å². The molecule has 0 unspecified atom stereocenters. The number of nitrogens with one attached hydrogen (secondary N) is 1. The molecule has 1 N–H and O–H groups in total. The third-order valence-corrected chi connectivity index (χ3v) is 3.80. The monoisotopic (exact) mass is 245 g/mol. The third kappa shape index (κ3) is 1.57. The van der Waals surface area contributed by atoms with Crippen molar-refractivity contribution < 1.29 is 22.3 Å². The highest BCUT2D eigenvalue weighted by atomic mass is 32.2. The summed E-state index contributed by atoms with van der Waals surface area (Å²) in [7, 11) is -2.62. The van der Waals surface area contributed by atoms with Gasteiger partial charge in [-0.1, -0.05) is 0 Å². The number of methoxy groups -OCH3 is 1. The van der Waals surface area contributed by atoms with Gasteiger partial charge in [0.1, 0.15) is 10.7 Å². The van der Waals surface area contributed by atoms with Gasteiger partial charge in [0.2, 0.25) is 10.0 Å². The van der Waals surface area contributed by atoms with Crippen LogP contribution in [-0.2, 0) is 21.3 Å². The molecule has 0 aromatic heterocycles. The standard InChI is InChI=1S/C9H8FNO4S/c1-15-9(12)7-3-6(10)2-5-4-11-16(13,14)8(5)7/h2-3,11H,4H2,1H3. The maximum atomic E-state index is 13.1. The quantitative estimate of drug-likeness (QED) is 0.727. The molecule has 0 atom stereocenters. The van der Waals surface area contributed by atoms with E-state index in [0.29, 0.717) is 0 Å². The smallest absolute Gasteiger partial charge is 0.339 e. The van der Waals surface area contributed by atoms with Crippen LogP contribution in [0.4, 0.5) is 4.39 Å². The summed E-state index contributed by atoms with van der Waals surface area (Å²) in [5.41, 5.74) is -0.0390. The molecule has 0 saturated heterocycles. The van der Waals surface area contributed by atoms with Crippen molar-refractivity contribution in [3.05, 3.63) is 29.1 Å². The number of hydrogen-bond donors (Lipinski definition) is 1. The number of carbonyl (C=O) groups is 1. The topological polar surface area (TPSA) is 72.5 Å². The van der Waals surface area contributed by atoms with Crippen LogP contribution in [0.15, 0.2) is 17.0 Å². The van der Waals surface area contributed by atoms with E-state index in [-0.39, 0.29) is 22.6 Å². The van der Waals surface area contributed by atoms with Gasteiger partial charge in [0, 0.05) is 6.54 Å². The van der Waals surface area contributed by atoms with Crippen molar-refractivity contribution in [1.82, 2.24) is 4.72 Å². The molecule has 1 heterocycles. The van der Waals surface area contributed by atoms with Gasteiger partial charge in [-0.25, -0.2) is 22.3 Å². The van der Waals surface area contributed by atoms with Gasteiger partial charge < -0.3 is 4.74 Å². The summed E-state index contributed by atoms with van der Waals surface area (Å²) in [5, 5.41) is 0. The lowest BCUT2D eigenvalue weighted by Crippen LogP contribution is -2.16. The molecule has 0 saturated carbocycles. The van der Waals surface area contributed by atoms with E-state index in [0.717, 1.165) is 19.2 Å². The molecule has 0 fully saturated rings. The van der Waals surface area contributed by atoms with Crippen molar-refractivity contribution in [2.24, 2.45) is 0 Å². The summed E-state index contributed by atoms with van der Waals surface area (Å²) in [4.78, 5) is 11.1. The number of benzene rings is 1. The van der Waals surface area contributed by atoms with E-state index < -0.39 is 21.8 Å². The van der Waals surface area contributed by atoms with Crippen LogP contribution in [0, 0.1) is 5.82 Å². The van der Waals surface area contributed by atoms with E-state index in [1.165, 1.54) is 0 Å². The molecule has 0 aliphatic carbocycles. The number of hydrogen-bond acceptors (Lipinski definition) is 4. The van der Waals surface area contributed by atoms with Crippen LogP contribution in [0.3, 0.4) is 0 Å². The van der Waals surface area contributed by atoms with Crippen molar-refractivity contribution in [3.8, 4) is 0 Å². The van der Waals surface area contributed by atoms with Crippen molar-refractivity contribution in [3.63, 3.8) is 0 Å². The number of rotatable bonds is 1. The number of ether oxygens (including phenoxy) is 1. The minimum atomic E-state index is -3.73. The van der Waals surface area contributed by atoms with Gasteiger partial charge >= 0.3 is 5.97 Å². The summed E-state index contributed by atoms with van der Waals surface area (Å²) in [6.45, 7) is -0.0145. The molecule has 0 spiro atoms. The first-order chi connectivity index (χ1) is 7.45. The molecule has 2 rings (SSSR count). The number of sulfonamides is 1. The first-order valence-electron chi connectivity index (χ1n) is 4.36. The van der Waals surface area contributed by atoms with E-state index in [9.17, 15) is 17.6 Å². The lowest BCUT2D eigenvalue weighted by molar-refractivity contribution is 0.0595. The van der Waals surface area contributed by atoms with E-state index in [1.807, 2.05) is 0 Å². The average molecular weight is 245 g/mol. The molecule has 1 aromatic rings. The lowest BCUT2D eigenvalue weighted by atomic mass is 10.1. The Labute approximate surface area is 91.3 Å². The fraction of sp³-hybridized carbons (Fsp3) is 0.222. The zero-order valence-electron chi connectivity index (χ0n) is 8.28. The van der Waals surface area contributed by atoms with E-state index in [2.05, 4.69) is 9.46 Å². The second-order valence-electron chi connectivity index (χ2n) is 3.26. The molecule has 0 radical (unpaired) electrons. The molecule has 1 aliphatic rings. The zero-order chi connectivity index (χ0) is 11.9. The Bertz CT molecular complexity index is 567. The average Bonchev–Trinajstić information content (AvgIpc) is 2.52. The molecular weight excluding hydrogens is 237 g/mol. The number of carbonyl (C=O) groups excluding carboxylic acids is 1. The van der Waals surface area contributed by atoms with Crippen LogP contribution < -0.4 is 4.72 Å². The third-order valence-electron chi connectivity index (χ3n) is 2.26. The summed E-state index contributed by atoms with van der Waals surface area (Å²) >= 11 is 0. The molecule has 5 nitrogen and oxygen atoms in total. The molecule has 1 aromatic carbocycles. The maximum Gasteiger partial charge on any atom is 0.339 e. The van der Waals surface area contributed by atoms with Crippen LogP contribution in [0.1, 0.15) is 15.9 Å². The Kier molecular flexibility index (Phi) is 2.43. The van der Waals surface area contributed by atoms with Crippen molar-refractivity contribution in [2.75, 3.05) is 7.11 Å². The lowest BCUT2D eigenvalue weighted by Gasteiger charge is -2.05. The molecule has 0 amide bonds. The Morgan fingerprint density at radius 3 is 2.81 bits per heavy atom. The Morgan fingerprint density at radius 1 is 1.50 bits per heavy atom. The second kappa shape index (κ2) is 3.53. The predicted octanol–water partition coefficient (Wildman–Crippen LogP) is 0.404. The maximum absolute atomic E-state index is 13.1. The SMILES string of the molecule is COC(=O)c1cc(F)cc2c1S(=O)(=O)NC2. The molecular formula is C9H8FNO4S. The van der Waals surface area contributed by atoms with E-state index in [1.54, 1.807) is 0 Å². The first kappa shape index (κ1) is 11.0. The van der Waals surface area contributed by atoms with E-state index >= 15 is 0 Å². The first-order valence-corrected chi connectivity index (χ1v) is 5.84. The van der Waals surface area contributed by atoms with Gasteiger partial charge in [0.15, 0.2) is 0 Å². The molecule has 86 valence electrons. The minimum absolute atomic E-state index is 0.0145. The zero-order valence-corrected chi connectivity index (χ0v) is 9.10. The van der Waals surface area contributed by atoms with Gasteiger partial charge in [-0.05, 0) is 17.7 Å². The Balaban J connectivity index is 2.75. The molecule has 0 bridgehead atoms. The Morgan fingerprint density at radius 2 is 2.19 bits per heavy atom. The Hall–Kier alpha value is -1.47. The van der Waals surface area contributed by atoms with Crippen LogP contribution >= 0.6 is 0 Å². The highest BCUT2D eigenvalue weighted by molar-refractivity contribution is 7.89. The largest absolute Gasteiger partial charge is 0.465 e. The summed E-state index contributed by atoms with van der Waals surface area (Å²) in [6.07, 6.45) is 0. The normalized spacial score (nSPS) is 16.9. The van der Waals surface area contributed by atoms with E-state index in [4.69, 9.17) is 0 Å². The number of fused-ring (bicyclic) bond motifs is 1. The van der Waals surface area contributed by atoms with Gasteiger partial charge in [-0.3, -0.25) is 0 Å².